The molecule has 9 heteroatoms. The number of carbonyl (C=O) groups is 2. The number of nitrogens with one attached hydrogen (secondary N) is 2. The number of halogens is 5. The van der Waals surface area contributed by atoms with Crippen molar-refractivity contribution in [1.82, 2.24) is 10.6 Å². The fourth-order valence-electron chi connectivity index (χ4n) is 3.22. The molecule has 0 radical (unpaired) electrons. The van der Waals surface area contributed by atoms with Crippen LogP contribution in [-0.4, -0.2) is 24.0 Å². The zero-order valence-electron chi connectivity index (χ0n) is 15.0. The van der Waals surface area contributed by atoms with E-state index in [4.69, 9.17) is 0 Å². The van der Waals surface area contributed by atoms with E-state index >= 15 is 0 Å². The van der Waals surface area contributed by atoms with Crippen molar-refractivity contribution in [2.75, 3.05) is 0 Å². The molecule has 2 aromatic rings. The van der Waals surface area contributed by atoms with Gasteiger partial charge in [0.2, 0.25) is 11.8 Å². The Bertz CT molecular complexity index is 841. The number of amides is 2. The van der Waals surface area contributed by atoms with Gasteiger partial charge in [-0.1, -0.05) is 56.1 Å². The van der Waals surface area contributed by atoms with E-state index in [2.05, 4.69) is 37.2 Å². The highest BCUT2D eigenvalue weighted by Crippen LogP contribution is 2.30. The van der Waals surface area contributed by atoms with Crippen molar-refractivity contribution < 1.29 is 22.8 Å². The Morgan fingerprint density at radius 2 is 1.45 bits per heavy atom. The van der Waals surface area contributed by atoms with E-state index < -0.39 is 36.0 Å². The van der Waals surface area contributed by atoms with Crippen LogP contribution in [0.3, 0.4) is 0 Å². The maximum absolute atomic E-state index is 12.8. The molecule has 2 unspecified atom stereocenters. The fourth-order valence-corrected chi connectivity index (χ4v) is 3.75. The molecule has 0 bridgehead atoms. The molecule has 2 atom stereocenters. The molecule has 4 nitrogen and oxygen atoms in total. The molecular weight excluding hydrogens is 517 g/mol. The van der Waals surface area contributed by atoms with Gasteiger partial charge >= 0.3 is 6.18 Å². The highest BCUT2D eigenvalue weighted by molar-refractivity contribution is 9.10. The van der Waals surface area contributed by atoms with Gasteiger partial charge in [0.05, 0.1) is 6.04 Å². The Balaban J connectivity index is 1.80. The standard InChI is InChI=1S/C20H17Br2F3N2O2/c21-13-5-1-11(2-6-13)17(12-3-7-14(22)8-4-12)27-19(29)15-9-10-16(20(23,24)25)26-18(15)28/h1-8,15-17H,9-10H2,(H,26,28)(H,27,29). The van der Waals surface area contributed by atoms with Crippen molar-refractivity contribution in [2.45, 2.75) is 31.1 Å². The second kappa shape index (κ2) is 8.87. The van der Waals surface area contributed by atoms with Crippen LogP contribution in [0.5, 0.6) is 0 Å². The van der Waals surface area contributed by atoms with Crippen LogP contribution in [0.4, 0.5) is 13.2 Å². The molecule has 0 saturated carbocycles. The minimum atomic E-state index is -4.52. The van der Waals surface area contributed by atoms with Crippen molar-refractivity contribution in [3.63, 3.8) is 0 Å². The van der Waals surface area contributed by atoms with Crippen molar-refractivity contribution in [3.05, 3.63) is 68.6 Å². The predicted molar refractivity (Wildman–Crippen MR) is 109 cm³/mol. The molecule has 1 saturated heterocycles. The Labute approximate surface area is 182 Å². The third kappa shape index (κ3) is 5.39. The quantitative estimate of drug-likeness (QED) is 0.551. The van der Waals surface area contributed by atoms with Gasteiger partial charge in [-0.2, -0.15) is 13.2 Å². The molecular formula is C20H17Br2F3N2O2. The minimum Gasteiger partial charge on any atom is -0.344 e. The van der Waals surface area contributed by atoms with Gasteiger partial charge in [-0.3, -0.25) is 9.59 Å². The van der Waals surface area contributed by atoms with Gasteiger partial charge in [0.15, 0.2) is 0 Å². The number of piperidine rings is 1. The zero-order valence-corrected chi connectivity index (χ0v) is 18.1. The first-order valence-electron chi connectivity index (χ1n) is 8.83. The summed E-state index contributed by atoms with van der Waals surface area (Å²) in [7, 11) is 0. The molecule has 29 heavy (non-hydrogen) atoms. The van der Waals surface area contributed by atoms with Crippen LogP contribution in [0.1, 0.15) is 30.0 Å². The Morgan fingerprint density at radius 1 is 0.966 bits per heavy atom. The first-order chi connectivity index (χ1) is 13.6. The molecule has 0 spiro atoms. The normalized spacial score (nSPS) is 19.7. The zero-order chi connectivity index (χ0) is 21.2. The molecule has 0 aromatic heterocycles. The van der Waals surface area contributed by atoms with Crippen LogP contribution in [0.15, 0.2) is 57.5 Å². The molecule has 1 fully saturated rings. The summed E-state index contributed by atoms with van der Waals surface area (Å²) in [6.45, 7) is 0. The number of carbonyl (C=O) groups excluding carboxylic acids is 2. The summed E-state index contributed by atoms with van der Waals surface area (Å²) >= 11 is 6.73. The summed E-state index contributed by atoms with van der Waals surface area (Å²) in [5.74, 6) is -2.66. The lowest BCUT2D eigenvalue weighted by Gasteiger charge is -2.31. The van der Waals surface area contributed by atoms with Crippen molar-refractivity contribution in [2.24, 2.45) is 5.92 Å². The van der Waals surface area contributed by atoms with Gasteiger partial charge in [-0.15, -0.1) is 0 Å². The first-order valence-corrected chi connectivity index (χ1v) is 10.4. The Morgan fingerprint density at radius 3 is 1.86 bits per heavy atom. The highest BCUT2D eigenvalue weighted by atomic mass is 79.9. The molecule has 0 aliphatic carbocycles. The highest BCUT2D eigenvalue weighted by Gasteiger charge is 2.46. The van der Waals surface area contributed by atoms with Gasteiger partial charge in [0, 0.05) is 8.95 Å². The molecule has 1 aliphatic heterocycles. The first kappa shape index (κ1) is 21.8. The minimum absolute atomic E-state index is 0.158. The molecule has 3 rings (SSSR count). The summed E-state index contributed by atoms with van der Waals surface area (Å²) < 4.78 is 40.2. The number of rotatable bonds is 4. The van der Waals surface area contributed by atoms with E-state index in [0.717, 1.165) is 20.1 Å². The number of alkyl halides is 3. The lowest BCUT2D eigenvalue weighted by Crippen LogP contribution is -2.54. The average Bonchev–Trinajstić information content (AvgIpc) is 2.67. The largest absolute Gasteiger partial charge is 0.408 e. The van der Waals surface area contributed by atoms with E-state index in [1.165, 1.54) is 0 Å². The predicted octanol–water partition coefficient (Wildman–Crippen LogP) is 4.87. The van der Waals surface area contributed by atoms with E-state index in [1.807, 2.05) is 53.8 Å². The summed E-state index contributed by atoms with van der Waals surface area (Å²) in [5, 5.41) is 4.75. The molecule has 1 heterocycles. The van der Waals surface area contributed by atoms with Crippen LogP contribution in [0.2, 0.25) is 0 Å². The lowest BCUT2D eigenvalue weighted by atomic mass is 9.91. The molecule has 154 valence electrons. The average molecular weight is 534 g/mol. The maximum atomic E-state index is 12.8. The van der Waals surface area contributed by atoms with Crippen LogP contribution in [0, 0.1) is 5.92 Å². The summed E-state index contributed by atoms with van der Waals surface area (Å²) in [5.41, 5.74) is 1.57. The number of hydrogen-bond acceptors (Lipinski definition) is 2. The molecule has 2 amide bonds. The van der Waals surface area contributed by atoms with Crippen LogP contribution < -0.4 is 10.6 Å². The third-order valence-corrected chi connectivity index (χ3v) is 5.84. The van der Waals surface area contributed by atoms with Crippen LogP contribution >= 0.6 is 31.9 Å². The lowest BCUT2D eigenvalue weighted by molar-refractivity contribution is -0.171. The Hall–Kier alpha value is -1.87. The summed E-state index contributed by atoms with van der Waals surface area (Å²) in [6.07, 6.45) is -5.00. The fraction of sp³-hybridized carbons (Fsp3) is 0.300. The summed E-state index contributed by atoms with van der Waals surface area (Å²) in [6, 6.07) is 12.2. The van der Waals surface area contributed by atoms with Gasteiger partial charge in [-0.05, 0) is 48.2 Å². The molecule has 2 aromatic carbocycles. The monoisotopic (exact) mass is 532 g/mol. The van der Waals surface area contributed by atoms with E-state index in [-0.39, 0.29) is 12.8 Å². The number of hydrogen-bond donors (Lipinski definition) is 2. The SMILES string of the molecule is O=C(NC(c1ccc(Br)cc1)c1ccc(Br)cc1)C1CCC(C(F)(F)F)NC1=O. The third-order valence-electron chi connectivity index (χ3n) is 4.78. The van der Waals surface area contributed by atoms with Gasteiger partial charge in [0.25, 0.3) is 0 Å². The van der Waals surface area contributed by atoms with Gasteiger partial charge in [0.1, 0.15) is 12.0 Å². The Kier molecular flexibility index (Phi) is 6.68. The molecule has 1 aliphatic rings. The van der Waals surface area contributed by atoms with E-state index in [0.29, 0.717) is 0 Å². The van der Waals surface area contributed by atoms with Gasteiger partial charge < -0.3 is 10.6 Å². The smallest absolute Gasteiger partial charge is 0.344 e. The topological polar surface area (TPSA) is 58.2 Å². The van der Waals surface area contributed by atoms with Crippen molar-refractivity contribution in [1.29, 1.82) is 0 Å². The van der Waals surface area contributed by atoms with Crippen LogP contribution in [-0.2, 0) is 9.59 Å². The second-order valence-electron chi connectivity index (χ2n) is 6.78. The number of benzene rings is 2. The maximum Gasteiger partial charge on any atom is 0.408 e. The van der Waals surface area contributed by atoms with Gasteiger partial charge in [-0.25, -0.2) is 0 Å². The van der Waals surface area contributed by atoms with Crippen molar-refractivity contribution >= 4 is 43.7 Å². The van der Waals surface area contributed by atoms with Crippen molar-refractivity contribution in [3.8, 4) is 0 Å². The summed E-state index contributed by atoms with van der Waals surface area (Å²) in [4.78, 5) is 24.9. The van der Waals surface area contributed by atoms with E-state index in [1.54, 1.807) is 0 Å². The van der Waals surface area contributed by atoms with E-state index in [9.17, 15) is 22.8 Å². The van der Waals surface area contributed by atoms with Crippen LogP contribution in [0.25, 0.3) is 0 Å². The molecule has 2 N–H and O–H groups in total. The second-order valence-corrected chi connectivity index (χ2v) is 8.61.